The summed E-state index contributed by atoms with van der Waals surface area (Å²) >= 11 is 0. The fourth-order valence-electron chi connectivity index (χ4n) is 1.68. The number of rotatable bonds is 1. The van der Waals surface area contributed by atoms with E-state index in [0.29, 0.717) is 5.92 Å². The van der Waals surface area contributed by atoms with E-state index in [-0.39, 0.29) is 0 Å². The van der Waals surface area contributed by atoms with Crippen molar-refractivity contribution in [2.45, 2.75) is 19.8 Å². The lowest BCUT2D eigenvalue weighted by atomic mass is 10.2. The highest BCUT2D eigenvalue weighted by atomic mass is 15.1. The highest BCUT2D eigenvalue weighted by Crippen LogP contribution is 2.19. The lowest BCUT2D eigenvalue weighted by molar-refractivity contribution is 0.722. The van der Waals surface area contributed by atoms with Gasteiger partial charge in [0.25, 0.3) is 0 Å². The van der Waals surface area contributed by atoms with Gasteiger partial charge in [-0.15, -0.1) is 0 Å². The molecule has 0 N–H and O–H groups in total. The molecule has 13 heavy (non-hydrogen) atoms. The molecule has 0 atom stereocenters. The highest BCUT2D eigenvalue weighted by molar-refractivity contribution is 5.75. The van der Waals surface area contributed by atoms with Crippen LogP contribution in [-0.2, 0) is 7.05 Å². The topological polar surface area (TPSA) is 17.8 Å². The van der Waals surface area contributed by atoms with Crippen molar-refractivity contribution in [3.8, 4) is 0 Å². The van der Waals surface area contributed by atoms with Crippen LogP contribution in [0.2, 0.25) is 0 Å². The Labute approximate surface area is 78.2 Å². The zero-order chi connectivity index (χ0) is 9.42. The van der Waals surface area contributed by atoms with Crippen LogP contribution in [0, 0.1) is 0 Å². The van der Waals surface area contributed by atoms with Gasteiger partial charge in [-0.1, -0.05) is 26.0 Å². The molecule has 0 spiro atoms. The smallest absolute Gasteiger partial charge is 0.112 e. The molecule has 0 unspecified atom stereocenters. The number of hydrogen-bond acceptors (Lipinski definition) is 1. The van der Waals surface area contributed by atoms with Crippen molar-refractivity contribution in [3.05, 3.63) is 30.1 Å². The molecule has 0 aliphatic heterocycles. The number of para-hydroxylation sites is 2. The summed E-state index contributed by atoms with van der Waals surface area (Å²) in [5.74, 6) is 1.64. The van der Waals surface area contributed by atoms with Crippen LogP contribution >= 0.6 is 0 Å². The fourth-order valence-corrected chi connectivity index (χ4v) is 1.68. The van der Waals surface area contributed by atoms with Crippen molar-refractivity contribution in [1.29, 1.82) is 0 Å². The SMILES string of the molecule is CC(C)c1nc2ccccc2n1C. The maximum absolute atomic E-state index is 4.57. The second-order valence-electron chi connectivity index (χ2n) is 3.67. The molecule has 0 saturated carbocycles. The Morgan fingerprint density at radius 3 is 2.54 bits per heavy atom. The molecular weight excluding hydrogens is 160 g/mol. The third kappa shape index (κ3) is 1.22. The van der Waals surface area contributed by atoms with E-state index >= 15 is 0 Å². The maximum atomic E-state index is 4.57. The average molecular weight is 174 g/mol. The molecule has 0 aliphatic carbocycles. The maximum Gasteiger partial charge on any atom is 0.112 e. The first kappa shape index (κ1) is 8.30. The number of fused-ring (bicyclic) bond motifs is 1. The Bertz CT molecular complexity index is 427. The van der Waals surface area contributed by atoms with Crippen LogP contribution in [0.3, 0.4) is 0 Å². The standard InChI is InChI=1S/C11H14N2/c1-8(2)11-12-9-6-4-5-7-10(9)13(11)3/h4-8H,1-3H3. The van der Waals surface area contributed by atoms with E-state index < -0.39 is 0 Å². The van der Waals surface area contributed by atoms with Crippen molar-refractivity contribution in [2.24, 2.45) is 7.05 Å². The summed E-state index contributed by atoms with van der Waals surface area (Å²) < 4.78 is 2.17. The summed E-state index contributed by atoms with van der Waals surface area (Å²) in [6.07, 6.45) is 0. The average Bonchev–Trinajstić information content (AvgIpc) is 2.45. The van der Waals surface area contributed by atoms with Gasteiger partial charge in [0.15, 0.2) is 0 Å². The molecule has 0 amide bonds. The largest absolute Gasteiger partial charge is 0.331 e. The van der Waals surface area contributed by atoms with E-state index in [1.807, 2.05) is 12.1 Å². The Morgan fingerprint density at radius 2 is 1.92 bits per heavy atom. The molecule has 2 aromatic rings. The van der Waals surface area contributed by atoms with Crippen molar-refractivity contribution in [1.82, 2.24) is 9.55 Å². The van der Waals surface area contributed by atoms with Crippen LogP contribution in [0.4, 0.5) is 0 Å². The first-order valence-electron chi connectivity index (χ1n) is 4.61. The minimum absolute atomic E-state index is 0.484. The molecule has 1 aromatic heterocycles. The molecule has 1 aromatic carbocycles. The van der Waals surface area contributed by atoms with E-state index in [2.05, 4.69) is 42.6 Å². The Morgan fingerprint density at radius 1 is 1.23 bits per heavy atom. The lowest BCUT2D eigenvalue weighted by Gasteiger charge is -2.04. The van der Waals surface area contributed by atoms with Crippen LogP contribution in [0.25, 0.3) is 11.0 Å². The lowest BCUT2D eigenvalue weighted by Crippen LogP contribution is -1.99. The summed E-state index contributed by atoms with van der Waals surface area (Å²) in [6, 6.07) is 8.24. The van der Waals surface area contributed by atoms with E-state index in [9.17, 15) is 0 Å². The van der Waals surface area contributed by atoms with Gasteiger partial charge >= 0.3 is 0 Å². The zero-order valence-corrected chi connectivity index (χ0v) is 8.28. The molecule has 2 rings (SSSR count). The number of hydrogen-bond donors (Lipinski definition) is 0. The van der Waals surface area contributed by atoms with Crippen molar-refractivity contribution in [3.63, 3.8) is 0 Å². The van der Waals surface area contributed by atoms with Gasteiger partial charge < -0.3 is 4.57 Å². The van der Waals surface area contributed by atoms with Gasteiger partial charge in [0.1, 0.15) is 5.82 Å². The number of nitrogens with zero attached hydrogens (tertiary/aromatic N) is 2. The summed E-state index contributed by atoms with van der Waals surface area (Å²) in [7, 11) is 2.07. The van der Waals surface area contributed by atoms with Gasteiger partial charge in [0.05, 0.1) is 11.0 Å². The van der Waals surface area contributed by atoms with Crippen molar-refractivity contribution in [2.75, 3.05) is 0 Å². The second-order valence-corrected chi connectivity index (χ2v) is 3.67. The second kappa shape index (κ2) is 2.87. The number of aromatic nitrogens is 2. The first-order valence-corrected chi connectivity index (χ1v) is 4.61. The van der Waals surface area contributed by atoms with Gasteiger partial charge in [0.2, 0.25) is 0 Å². The Hall–Kier alpha value is -1.31. The normalized spacial score (nSPS) is 11.4. The van der Waals surface area contributed by atoms with Crippen LogP contribution < -0.4 is 0 Å². The third-order valence-corrected chi connectivity index (χ3v) is 2.34. The van der Waals surface area contributed by atoms with Crippen molar-refractivity contribution >= 4 is 11.0 Å². The molecule has 1 heterocycles. The molecular formula is C11H14N2. The summed E-state index contributed by atoms with van der Waals surface area (Å²) in [4.78, 5) is 4.57. The number of imidazole rings is 1. The highest BCUT2D eigenvalue weighted by Gasteiger charge is 2.09. The van der Waals surface area contributed by atoms with Gasteiger partial charge in [0, 0.05) is 13.0 Å². The predicted molar refractivity (Wildman–Crippen MR) is 54.8 cm³/mol. The van der Waals surface area contributed by atoms with E-state index in [0.717, 1.165) is 11.3 Å². The van der Waals surface area contributed by atoms with Gasteiger partial charge in [-0.3, -0.25) is 0 Å². The Balaban J connectivity index is 2.74. The van der Waals surface area contributed by atoms with Gasteiger partial charge in [-0.25, -0.2) is 4.98 Å². The summed E-state index contributed by atoms with van der Waals surface area (Å²) in [6.45, 7) is 4.34. The minimum atomic E-state index is 0.484. The molecule has 2 nitrogen and oxygen atoms in total. The number of benzene rings is 1. The third-order valence-electron chi connectivity index (χ3n) is 2.34. The summed E-state index contributed by atoms with van der Waals surface area (Å²) in [5, 5.41) is 0. The fraction of sp³-hybridized carbons (Fsp3) is 0.364. The van der Waals surface area contributed by atoms with Gasteiger partial charge in [-0.2, -0.15) is 0 Å². The van der Waals surface area contributed by atoms with E-state index in [1.165, 1.54) is 5.52 Å². The first-order chi connectivity index (χ1) is 6.20. The van der Waals surface area contributed by atoms with Crippen molar-refractivity contribution < 1.29 is 0 Å². The molecule has 0 saturated heterocycles. The zero-order valence-electron chi connectivity index (χ0n) is 8.28. The minimum Gasteiger partial charge on any atom is -0.331 e. The molecule has 2 heteroatoms. The number of aryl methyl sites for hydroxylation is 1. The molecule has 0 radical (unpaired) electrons. The van der Waals surface area contributed by atoms with Crippen LogP contribution in [-0.4, -0.2) is 9.55 Å². The quantitative estimate of drug-likeness (QED) is 0.650. The van der Waals surface area contributed by atoms with E-state index in [4.69, 9.17) is 0 Å². The van der Waals surface area contributed by atoms with E-state index in [1.54, 1.807) is 0 Å². The molecule has 68 valence electrons. The molecule has 0 fully saturated rings. The Kier molecular flexibility index (Phi) is 1.83. The summed E-state index contributed by atoms with van der Waals surface area (Å²) in [5.41, 5.74) is 2.31. The van der Waals surface area contributed by atoms with Gasteiger partial charge in [-0.05, 0) is 12.1 Å². The molecule has 0 aliphatic rings. The molecule has 0 bridgehead atoms. The predicted octanol–water partition coefficient (Wildman–Crippen LogP) is 2.70. The monoisotopic (exact) mass is 174 g/mol. The van der Waals surface area contributed by atoms with Crippen LogP contribution in [0.5, 0.6) is 0 Å². The van der Waals surface area contributed by atoms with Crippen LogP contribution in [0.1, 0.15) is 25.6 Å². The van der Waals surface area contributed by atoms with Crippen LogP contribution in [0.15, 0.2) is 24.3 Å².